The minimum atomic E-state index is -0.243. The van der Waals surface area contributed by atoms with E-state index in [1.54, 1.807) is 0 Å². The fraction of sp³-hybridized carbons (Fsp3) is 0.500. The lowest BCUT2D eigenvalue weighted by atomic mass is 9.64. The Balaban J connectivity index is 2.00. The normalized spacial score (nSPS) is 24.8. The third-order valence-corrected chi connectivity index (χ3v) is 3.69. The molecule has 0 spiro atoms. The zero-order chi connectivity index (χ0) is 13.2. The molecule has 1 aromatic rings. The maximum absolute atomic E-state index is 9.69. The highest BCUT2D eigenvalue weighted by molar-refractivity contribution is 5.49. The van der Waals surface area contributed by atoms with Gasteiger partial charge in [-0.2, -0.15) is 5.26 Å². The van der Waals surface area contributed by atoms with Crippen LogP contribution in [0.1, 0.15) is 20.3 Å². The molecule has 0 saturated heterocycles. The fourth-order valence-corrected chi connectivity index (χ4v) is 2.14. The number of anilines is 1. The quantitative estimate of drug-likeness (QED) is 0.854. The molecule has 0 aliphatic heterocycles. The number of nitrogens with one attached hydrogen (secondary N) is 1. The summed E-state index contributed by atoms with van der Waals surface area (Å²) >= 11 is 0. The summed E-state index contributed by atoms with van der Waals surface area (Å²) < 4.78 is 5.25. The Hall–Kier alpha value is -1.73. The summed E-state index contributed by atoms with van der Waals surface area (Å²) in [6.45, 7) is 4.15. The summed E-state index contributed by atoms with van der Waals surface area (Å²) in [5, 5.41) is 21.6. The Morgan fingerprint density at radius 1 is 1.56 bits per heavy atom. The van der Waals surface area contributed by atoms with E-state index in [0.717, 1.165) is 12.1 Å². The van der Waals surface area contributed by atoms with Crippen molar-refractivity contribution in [3.63, 3.8) is 0 Å². The summed E-state index contributed by atoms with van der Waals surface area (Å²) in [5.41, 5.74) is 0.846. The minimum absolute atomic E-state index is 0.0527. The summed E-state index contributed by atoms with van der Waals surface area (Å²) in [6.07, 6.45) is 0.518. The molecule has 0 aromatic heterocycles. The van der Waals surface area contributed by atoms with Crippen LogP contribution < -0.4 is 10.1 Å². The third kappa shape index (κ3) is 2.41. The van der Waals surface area contributed by atoms with Crippen LogP contribution >= 0.6 is 0 Å². The third-order valence-electron chi connectivity index (χ3n) is 3.69. The van der Waals surface area contributed by atoms with Crippen LogP contribution in [0, 0.1) is 16.7 Å². The van der Waals surface area contributed by atoms with Crippen LogP contribution in [0.5, 0.6) is 5.75 Å². The molecule has 1 aliphatic rings. The molecule has 2 unspecified atom stereocenters. The number of hydrogen-bond acceptors (Lipinski definition) is 4. The lowest BCUT2D eigenvalue weighted by molar-refractivity contribution is -0.0510. The Bertz CT molecular complexity index is 465. The molecule has 0 heterocycles. The van der Waals surface area contributed by atoms with Crippen LogP contribution in [0.15, 0.2) is 24.3 Å². The van der Waals surface area contributed by atoms with Gasteiger partial charge in [-0.05, 0) is 18.6 Å². The van der Waals surface area contributed by atoms with Gasteiger partial charge in [0.25, 0.3) is 0 Å². The SMILES string of the molecule is CC1(C)C(O)CC1Nc1cccc(OCC#N)c1. The highest BCUT2D eigenvalue weighted by atomic mass is 16.5. The predicted octanol–water partition coefficient (Wildman–Crippen LogP) is 2.16. The fourth-order valence-electron chi connectivity index (χ4n) is 2.14. The van der Waals surface area contributed by atoms with E-state index >= 15 is 0 Å². The Labute approximate surface area is 107 Å². The molecule has 0 radical (unpaired) electrons. The van der Waals surface area contributed by atoms with E-state index < -0.39 is 0 Å². The first kappa shape index (κ1) is 12.7. The van der Waals surface area contributed by atoms with Crippen molar-refractivity contribution in [2.75, 3.05) is 11.9 Å². The van der Waals surface area contributed by atoms with E-state index in [9.17, 15) is 5.11 Å². The zero-order valence-electron chi connectivity index (χ0n) is 10.7. The number of aliphatic hydroxyl groups excluding tert-OH is 1. The predicted molar refractivity (Wildman–Crippen MR) is 69.4 cm³/mol. The highest BCUT2D eigenvalue weighted by Crippen LogP contribution is 2.42. The molecule has 1 fully saturated rings. The molecular formula is C14H18N2O2. The number of ether oxygens (including phenoxy) is 1. The number of rotatable bonds is 4. The van der Waals surface area contributed by atoms with Gasteiger partial charge in [-0.3, -0.25) is 0 Å². The summed E-state index contributed by atoms with van der Waals surface area (Å²) in [5.74, 6) is 0.680. The van der Waals surface area contributed by atoms with E-state index in [4.69, 9.17) is 10.00 Å². The molecule has 0 amide bonds. The monoisotopic (exact) mass is 246 g/mol. The number of hydrogen-bond donors (Lipinski definition) is 2. The second kappa shape index (κ2) is 4.87. The first-order valence-electron chi connectivity index (χ1n) is 6.08. The largest absolute Gasteiger partial charge is 0.479 e. The first-order valence-corrected chi connectivity index (χ1v) is 6.08. The van der Waals surface area contributed by atoms with Gasteiger partial charge in [0.05, 0.1) is 6.10 Å². The Kier molecular flexibility index (Phi) is 3.44. The summed E-state index contributed by atoms with van der Waals surface area (Å²) in [6, 6.07) is 9.74. The molecular weight excluding hydrogens is 228 g/mol. The topological polar surface area (TPSA) is 65.3 Å². The molecule has 1 aromatic carbocycles. The van der Waals surface area contributed by atoms with Crippen molar-refractivity contribution in [1.29, 1.82) is 5.26 Å². The van der Waals surface area contributed by atoms with Crippen LogP contribution in [0.4, 0.5) is 5.69 Å². The van der Waals surface area contributed by atoms with E-state index in [2.05, 4.69) is 19.2 Å². The van der Waals surface area contributed by atoms with Crippen molar-refractivity contribution in [1.82, 2.24) is 0 Å². The minimum Gasteiger partial charge on any atom is -0.479 e. The van der Waals surface area contributed by atoms with Crippen molar-refractivity contribution in [2.45, 2.75) is 32.4 Å². The maximum Gasteiger partial charge on any atom is 0.174 e. The molecule has 2 atom stereocenters. The highest BCUT2D eigenvalue weighted by Gasteiger charge is 2.47. The van der Waals surface area contributed by atoms with E-state index in [0.29, 0.717) is 5.75 Å². The number of nitriles is 1. The van der Waals surface area contributed by atoms with Gasteiger partial charge < -0.3 is 15.2 Å². The Morgan fingerprint density at radius 3 is 2.94 bits per heavy atom. The molecule has 0 bridgehead atoms. The van der Waals surface area contributed by atoms with Gasteiger partial charge >= 0.3 is 0 Å². The standard InChI is InChI=1S/C14H18N2O2/c1-14(2)12(9-13(14)17)16-10-4-3-5-11(8-10)18-7-6-15/h3-5,8,12-13,16-17H,7,9H2,1-2H3. The average molecular weight is 246 g/mol. The maximum atomic E-state index is 9.69. The molecule has 2 N–H and O–H groups in total. The molecule has 2 rings (SSSR count). The van der Waals surface area contributed by atoms with Crippen LogP contribution in [0.25, 0.3) is 0 Å². The van der Waals surface area contributed by atoms with Crippen molar-refractivity contribution in [3.8, 4) is 11.8 Å². The molecule has 96 valence electrons. The smallest absolute Gasteiger partial charge is 0.174 e. The lowest BCUT2D eigenvalue weighted by Gasteiger charge is -2.49. The van der Waals surface area contributed by atoms with E-state index in [1.165, 1.54) is 0 Å². The molecule has 4 heteroatoms. The molecule has 18 heavy (non-hydrogen) atoms. The summed E-state index contributed by atoms with van der Waals surface area (Å²) in [4.78, 5) is 0. The molecule has 1 saturated carbocycles. The van der Waals surface area contributed by atoms with E-state index in [1.807, 2.05) is 30.3 Å². The van der Waals surface area contributed by atoms with Gasteiger partial charge in [0.1, 0.15) is 11.8 Å². The van der Waals surface area contributed by atoms with Gasteiger partial charge in [-0.1, -0.05) is 19.9 Å². The van der Waals surface area contributed by atoms with Gasteiger partial charge in [0, 0.05) is 23.2 Å². The van der Waals surface area contributed by atoms with Gasteiger partial charge in [0.2, 0.25) is 0 Å². The van der Waals surface area contributed by atoms with Gasteiger partial charge in [-0.15, -0.1) is 0 Å². The van der Waals surface area contributed by atoms with Crippen molar-refractivity contribution in [3.05, 3.63) is 24.3 Å². The second-order valence-electron chi connectivity index (χ2n) is 5.24. The molecule has 1 aliphatic carbocycles. The van der Waals surface area contributed by atoms with E-state index in [-0.39, 0.29) is 24.2 Å². The number of nitrogens with zero attached hydrogens (tertiary/aromatic N) is 1. The number of aliphatic hydroxyl groups is 1. The van der Waals surface area contributed by atoms with Gasteiger partial charge in [0.15, 0.2) is 6.61 Å². The Morgan fingerprint density at radius 2 is 2.33 bits per heavy atom. The van der Waals surface area contributed by atoms with Crippen LogP contribution in [-0.4, -0.2) is 23.9 Å². The van der Waals surface area contributed by atoms with Gasteiger partial charge in [-0.25, -0.2) is 0 Å². The summed E-state index contributed by atoms with van der Waals surface area (Å²) in [7, 11) is 0. The lowest BCUT2D eigenvalue weighted by Crippen LogP contribution is -2.56. The average Bonchev–Trinajstić information content (AvgIpc) is 2.36. The first-order chi connectivity index (χ1) is 8.54. The number of benzene rings is 1. The van der Waals surface area contributed by atoms with Crippen LogP contribution in [-0.2, 0) is 0 Å². The van der Waals surface area contributed by atoms with Crippen molar-refractivity contribution >= 4 is 5.69 Å². The van der Waals surface area contributed by atoms with Crippen molar-refractivity contribution in [2.24, 2.45) is 5.41 Å². The van der Waals surface area contributed by atoms with Crippen molar-refractivity contribution < 1.29 is 9.84 Å². The molecule has 4 nitrogen and oxygen atoms in total. The second-order valence-corrected chi connectivity index (χ2v) is 5.24. The zero-order valence-corrected chi connectivity index (χ0v) is 10.7. The van der Waals surface area contributed by atoms with Crippen LogP contribution in [0.3, 0.4) is 0 Å². The van der Waals surface area contributed by atoms with Crippen LogP contribution in [0.2, 0.25) is 0 Å².